The molecule has 4 nitrogen and oxygen atoms in total. The second kappa shape index (κ2) is 7.18. The first-order valence-electron chi connectivity index (χ1n) is 7.53. The Morgan fingerprint density at radius 1 is 1.50 bits per heavy atom. The van der Waals surface area contributed by atoms with Gasteiger partial charge in [0.15, 0.2) is 0 Å². The van der Waals surface area contributed by atoms with Gasteiger partial charge in [0.2, 0.25) is 0 Å². The van der Waals surface area contributed by atoms with Gasteiger partial charge in [-0.15, -0.1) is 11.3 Å². The van der Waals surface area contributed by atoms with Gasteiger partial charge in [-0.3, -0.25) is 9.69 Å². The fourth-order valence-electron chi connectivity index (χ4n) is 2.76. The van der Waals surface area contributed by atoms with E-state index in [4.69, 9.17) is 10.1 Å². The Hall–Kier alpha value is -0.940. The number of likely N-dealkylation sites (tertiary alicyclic amines) is 1. The zero-order valence-electron chi connectivity index (χ0n) is 12.4. The third kappa shape index (κ3) is 4.03. The Morgan fingerprint density at radius 2 is 2.30 bits per heavy atom. The van der Waals surface area contributed by atoms with Crippen LogP contribution in [0.4, 0.5) is 0 Å². The van der Waals surface area contributed by atoms with Crippen molar-refractivity contribution in [3.8, 4) is 0 Å². The molecule has 2 heterocycles. The van der Waals surface area contributed by atoms with E-state index < -0.39 is 5.97 Å². The summed E-state index contributed by atoms with van der Waals surface area (Å²) in [6, 6.07) is 0.639. The molecule has 1 aromatic heterocycles. The molecule has 0 amide bonds. The van der Waals surface area contributed by atoms with E-state index in [1.165, 1.54) is 19.3 Å². The van der Waals surface area contributed by atoms with Crippen molar-refractivity contribution >= 4 is 17.3 Å². The first kappa shape index (κ1) is 15.4. The standard InChI is InChI=1S/C15H24N2O2S/c1-3-12-13(7-8-15(18)19)20-14(16-12)10-17-9-5-4-6-11(17)2/h11H,3-10H2,1-2H3,(H,18,19). The molecule has 0 aliphatic carbocycles. The SMILES string of the molecule is CCc1nc(CN2CCCCC2C)sc1CCC(=O)O. The van der Waals surface area contributed by atoms with Crippen LogP contribution in [0.1, 0.15) is 55.1 Å². The molecule has 1 fully saturated rings. The summed E-state index contributed by atoms with van der Waals surface area (Å²) >= 11 is 1.71. The van der Waals surface area contributed by atoms with Crippen molar-refractivity contribution in [1.82, 2.24) is 9.88 Å². The molecule has 1 aliphatic rings. The fraction of sp³-hybridized carbons (Fsp3) is 0.733. The van der Waals surface area contributed by atoms with E-state index in [9.17, 15) is 4.79 Å². The zero-order valence-corrected chi connectivity index (χ0v) is 13.2. The van der Waals surface area contributed by atoms with Gasteiger partial charge in [0, 0.05) is 10.9 Å². The van der Waals surface area contributed by atoms with Crippen LogP contribution in [0, 0.1) is 0 Å². The molecule has 2 rings (SSSR count). The first-order chi connectivity index (χ1) is 9.60. The highest BCUT2D eigenvalue weighted by atomic mass is 32.1. The van der Waals surface area contributed by atoms with Crippen LogP contribution in [0.3, 0.4) is 0 Å². The van der Waals surface area contributed by atoms with Crippen LogP contribution in [0.2, 0.25) is 0 Å². The summed E-state index contributed by atoms with van der Waals surface area (Å²) in [5.41, 5.74) is 1.09. The largest absolute Gasteiger partial charge is 0.481 e. The lowest BCUT2D eigenvalue weighted by molar-refractivity contribution is -0.136. The number of aliphatic carboxylic acids is 1. The minimum Gasteiger partial charge on any atom is -0.481 e. The number of carbonyl (C=O) groups is 1. The van der Waals surface area contributed by atoms with E-state index in [-0.39, 0.29) is 6.42 Å². The van der Waals surface area contributed by atoms with Crippen LogP contribution in [0.5, 0.6) is 0 Å². The van der Waals surface area contributed by atoms with Crippen molar-refractivity contribution < 1.29 is 9.90 Å². The van der Waals surface area contributed by atoms with Crippen molar-refractivity contribution in [2.24, 2.45) is 0 Å². The molecule has 112 valence electrons. The van der Waals surface area contributed by atoms with Crippen molar-refractivity contribution in [2.45, 2.75) is 65.0 Å². The van der Waals surface area contributed by atoms with Crippen molar-refractivity contribution in [2.75, 3.05) is 6.54 Å². The molecule has 0 spiro atoms. The quantitative estimate of drug-likeness (QED) is 0.876. The van der Waals surface area contributed by atoms with E-state index in [1.54, 1.807) is 11.3 Å². The highest BCUT2D eigenvalue weighted by molar-refractivity contribution is 7.11. The summed E-state index contributed by atoms with van der Waals surface area (Å²) in [7, 11) is 0. The van der Waals surface area contributed by atoms with E-state index in [2.05, 4.69) is 18.7 Å². The summed E-state index contributed by atoms with van der Waals surface area (Å²) < 4.78 is 0. The molecular formula is C15H24N2O2S. The van der Waals surface area contributed by atoms with Crippen LogP contribution in [-0.4, -0.2) is 33.5 Å². The molecular weight excluding hydrogens is 272 g/mol. The summed E-state index contributed by atoms with van der Waals surface area (Å²) in [5, 5.41) is 9.97. The van der Waals surface area contributed by atoms with Crippen LogP contribution in [-0.2, 0) is 24.2 Å². The maximum atomic E-state index is 10.7. The third-order valence-corrected chi connectivity index (χ3v) is 5.14. The van der Waals surface area contributed by atoms with Gasteiger partial charge in [-0.2, -0.15) is 0 Å². The lowest BCUT2D eigenvalue weighted by atomic mass is 10.0. The summed E-state index contributed by atoms with van der Waals surface area (Å²) in [6.07, 6.45) is 5.60. The van der Waals surface area contributed by atoms with Crippen LogP contribution < -0.4 is 0 Å². The van der Waals surface area contributed by atoms with Crippen LogP contribution in [0.15, 0.2) is 0 Å². The zero-order chi connectivity index (χ0) is 14.5. The molecule has 1 aromatic rings. The van der Waals surface area contributed by atoms with Crippen molar-refractivity contribution in [3.63, 3.8) is 0 Å². The minimum absolute atomic E-state index is 0.203. The third-order valence-electron chi connectivity index (χ3n) is 4.00. The molecule has 20 heavy (non-hydrogen) atoms. The molecule has 1 aliphatic heterocycles. The Bertz CT molecular complexity index is 459. The number of hydrogen-bond donors (Lipinski definition) is 1. The van der Waals surface area contributed by atoms with Gasteiger partial charge < -0.3 is 5.11 Å². The minimum atomic E-state index is -0.730. The van der Waals surface area contributed by atoms with Crippen molar-refractivity contribution in [3.05, 3.63) is 15.6 Å². The fourth-order valence-corrected chi connectivity index (χ4v) is 3.95. The lowest BCUT2D eigenvalue weighted by Crippen LogP contribution is -2.36. The number of aryl methyl sites for hydroxylation is 2. The van der Waals surface area contributed by atoms with Gasteiger partial charge >= 0.3 is 5.97 Å². The Morgan fingerprint density at radius 3 is 2.95 bits per heavy atom. The topological polar surface area (TPSA) is 53.4 Å². The first-order valence-corrected chi connectivity index (χ1v) is 8.35. The Balaban J connectivity index is 2.02. The molecule has 1 atom stereocenters. The molecule has 0 aromatic carbocycles. The Labute approximate surface area is 124 Å². The van der Waals surface area contributed by atoms with Crippen molar-refractivity contribution in [1.29, 1.82) is 0 Å². The second-order valence-corrected chi connectivity index (χ2v) is 6.71. The van der Waals surface area contributed by atoms with E-state index >= 15 is 0 Å². The molecule has 0 radical (unpaired) electrons. The average Bonchev–Trinajstić information content (AvgIpc) is 2.81. The molecule has 1 saturated heterocycles. The maximum Gasteiger partial charge on any atom is 0.303 e. The normalized spacial score (nSPS) is 20.2. The van der Waals surface area contributed by atoms with Gasteiger partial charge in [-0.05, 0) is 39.2 Å². The van der Waals surface area contributed by atoms with Gasteiger partial charge in [-0.25, -0.2) is 4.98 Å². The number of rotatable bonds is 6. The smallest absolute Gasteiger partial charge is 0.303 e. The number of piperidine rings is 1. The predicted octanol–water partition coefficient (Wildman–Crippen LogP) is 3.10. The van der Waals surface area contributed by atoms with Gasteiger partial charge in [0.25, 0.3) is 0 Å². The van der Waals surface area contributed by atoms with Gasteiger partial charge in [0.1, 0.15) is 5.01 Å². The van der Waals surface area contributed by atoms with E-state index in [0.717, 1.165) is 35.1 Å². The molecule has 0 bridgehead atoms. The van der Waals surface area contributed by atoms with Crippen LogP contribution >= 0.6 is 11.3 Å². The lowest BCUT2D eigenvalue weighted by Gasteiger charge is -2.32. The molecule has 1 N–H and O–H groups in total. The number of hydrogen-bond acceptors (Lipinski definition) is 4. The molecule has 1 unspecified atom stereocenters. The number of aromatic nitrogens is 1. The number of thiazole rings is 1. The maximum absolute atomic E-state index is 10.7. The highest BCUT2D eigenvalue weighted by Crippen LogP contribution is 2.25. The predicted molar refractivity (Wildman–Crippen MR) is 81.2 cm³/mol. The van der Waals surface area contributed by atoms with Gasteiger partial charge in [-0.1, -0.05) is 13.3 Å². The van der Waals surface area contributed by atoms with E-state index in [1.807, 2.05) is 0 Å². The summed E-state index contributed by atoms with van der Waals surface area (Å²) in [4.78, 5) is 19.1. The van der Waals surface area contributed by atoms with Crippen LogP contribution in [0.25, 0.3) is 0 Å². The van der Waals surface area contributed by atoms with Gasteiger partial charge in [0.05, 0.1) is 18.7 Å². The Kier molecular flexibility index (Phi) is 5.54. The second-order valence-electron chi connectivity index (χ2n) is 5.54. The number of carboxylic acid groups (broad SMARTS) is 1. The monoisotopic (exact) mass is 296 g/mol. The van der Waals surface area contributed by atoms with E-state index in [0.29, 0.717) is 12.5 Å². The summed E-state index contributed by atoms with van der Waals surface area (Å²) in [6.45, 7) is 6.46. The highest BCUT2D eigenvalue weighted by Gasteiger charge is 2.20. The summed E-state index contributed by atoms with van der Waals surface area (Å²) in [5.74, 6) is -0.730. The average molecular weight is 296 g/mol. The number of carboxylic acids is 1. The number of nitrogens with zero attached hydrogens (tertiary/aromatic N) is 2. The molecule has 0 saturated carbocycles. The molecule has 5 heteroatoms.